The lowest BCUT2D eigenvalue weighted by Crippen LogP contribution is -2.17. The third-order valence-corrected chi connectivity index (χ3v) is 2.35. The second kappa shape index (κ2) is 3.64. The lowest BCUT2D eigenvalue weighted by atomic mass is 9.96. The van der Waals surface area contributed by atoms with Crippen molar-refractivity contribution in [1.29, 1.82) is 0 Å². The summed E-state index contributed by atoms with van der Waals surface area (Å²) in [5.41, 5.74) is 1.75. The largest absolute Gasteiger partial charge is 0.271 e. The Kier molecular flexibility index (Phi) is 2.43. The van der Waals surface area contributed by atoms with Gasteiger partial charge in [-0.05, 0) is 25.0 Å². The van der Waals surface area contributed by atoms with Gasteiger partial charge in [0.25, 0.3) is 0 Å². The van der Waals surface area contributed by atoms with Crippen molar-refractivity contribution in [2.45, 2.75) is 33.1 Å². The zero-order chi connectivity index (χ0) is 11.8. The minimum absolute atomic E-state index is 0.0368. The van der Waals surface area contributed by atoms with E-state index in [4.69, 9.17) is 0 Å². The van der Waals surface area contributed by atoms with Crippen LogP contribution in [0.2, 0.25) is 0 Å². The molecule has 0 fully saturated rings. The van der Waals surface area contributed by atoms with Gasteiger partial charge in [0.15, 0.2) is 5.65 Å². The summed E-state index contributed by atoms with van der Waals surface area (Å²) >= 11 is 0. The average molecular weight is 213 g/mol. The Bertz CT molecular complexity index is 576. The number of nitrogens with zero attached hydrogens (tertiary/aromatic N) is 3. The first-order valence-electron chi connectivity index (χ1n) is 5.31. The predicted octanol–water partition coefficient (Wildman–Crippen LogP) is 2.40. The highest BCUT2D eigenvalue weighted by Crippen LogP contribution is 2.21. The molecule has 0 saturated carbocycles. The molecule has 3 nitrogen and oxygen atoms in total. The van der Waals surface area contributed by atoms with Gasteiger partial charge in [-0.1, -0.05) is 32.8 Å². The summed E-state index contributed by atoms with van der Waals surface area (Å²) in [6, 6.07) is 5.89. The van der Waals surface area contributed by atoms with E-state index in [0.717, 1.165) is 17.2 Å². The van der Waals surface area contributed by atoms with Crippen molar-refractivity contribution in [1.82, 2.24) is 14.6 Å². The Morgan fingerprint density at radius 3 is 2.56 bits per heavy atom. The second-order valence-electron chi connectivity index (χ2n) is 4.75. The molecular weight excluding hydrogens is 198 g/mol. The molecule has 0 aliphatic carbocycles. The van der Waals surface area contributed by atoms with Crippen LogP contribution in [0.4, 0.5) is 0 Å². The summed E-state index contributed by atoms with van der Waals surface area (Å²) in [5.74, 6) is 6.95. The van der Waals surface area contributed by atoms with Gasteiger partial charge in [0.05, 0.1) is 5.69 Å². The van der Waals surface area contributed by atoms with Crippen molar-refractivity contribution in [3.05, 3.63) is 29.7 Å². The minimum atomic E-state index is -0.0368. The van der Waals surface area contributed by atoms with Crippen LogP contribution in [0.1, 0.15) is 39.2 Å². The van der Waals surface area contributed by atoms with E-state index >= 15 is 0 Å². The van der Waals surface area contributed by atoms with Gasteiger partial charge >= 0.3 is 0 Å². The van der Waals surface area contributed by atoms with Crippen molar-refractivity contribution in [3.8, 4) is 11.8 Å². The highest BCUT2D eigenvalue weighted by Gasteiger charge is 2.21. The molecule has 16 heavy (non-hydrogen) atoms. The van der Waals surface area contributed by atoms with Crippen LogP contribution in [0, 0.1) is 11.8 Å². The van der Waals surface area contributed by atoms with E-state index in [2.05, 4.69) is 42.8 Å². The van der Waals surface area contributed by atoms with Crippen LogP contribution in [0.5, 0.6) is 0 Å². The third-order valence-electron chi connectivity index (χ3n) is 2.35. The number of hydrogen-bond acceptors (Lipinski definition) is 2. The van der Waals surface area contributed by atoms with Gasteiger partial charge in [-0.2, -0.15) is 0 Å². The summed E-state index contributed by atoms with van der Waals surface area (Å²) in [4.78, 5) is 0. The molecular formula is C13H15N3. The molecule has 3 heteroatoms. The lowest BCUT2D eigenvalue weighted by Gasteiger charge is -2.16. The Labute approximate surface area is 95.5 Å². The van der Waals surface area contributed by atoms with Gasteiger partial charge in [0.2, 0.25) is 0 Å². The highest BCUT2D eigenvalue weighted by molar-refractivity contribution is 5.45. The van der Waals surface area contributed by atoms with Crippen LogP contribution >= 0.6 is 0 Å². The summed E-state index contributed by atoms with van der Waals surface area (Å²) in [6.07, 6.45) is 0. The highest BCUT2D eigenvalue weighted by atomic mass is 15.3. The molecule has 0 spiro atoms. The maximum Gasteiger partial charge on any atom is 0.161 e. The molecule has 0 aromatic carbocycles. The lowest BCUT2D eigenvalue weighted by molar-refractivity contribution is 0.538. The van der Waals surface area contributed by atoms with Gasteiger partial charge in [-0.25, -0.2) is 0 Å². The summed E-state index contributed by atoms with van der Waals surface area (Å²) in [6.45, 7) is 8.21. The van der Waals surface area contributed by atoms with Crippen molar-refractivity contribution < 1.29 is 0 Å². The monoisotopic (exact) mass is 213 g/mol. The minimum Gasteiger partial charge on any atom is -0.271 e. The van der Waals surface area contributed by atoms with Crippen LogP contribution in [-0.4, -0.2) is 14.6 Å². The Morgan fingerprint density at radius 1 is 1.19 bits per heavy atom. The molecule has 0 N–H and O–H groups in total. The fraction of sp³-hybridized carbons (Fsp3) is 0.385. The van der Waals surface area contributed by atoms with E-state index in [1.807, 2.05) is 29.5 Å². The number of aromatic nitrogens is 3. The summed E-state index contributed by atoms with van der Waals surface area (Å²) in [5, 5.41) is 8.43. The van der Waals surface area contributed by atoms with E-state index in [1.165, 1.54) is 0 Å². The molecule has 0 aliphatic heterocycles. The van der Waals surface area contributed by atoms with Gasteiger partial charge in [-0.3, -0.25) is 4.40 Å². The van der Waals surface area contributed by atoms with Crippen LogP contribution in [-0.2, 0) is 5.41 Å². The SMILES string of the molecule is CC#Cc1cccc2nnc(C(C)(C)C)n12. The van der Waals surface area contributed by atoms with E-state index < -0.39 is 0 Å². The van der Waals surface area contributed by atoms with Gasteiger partial charge in [-0.15, -0.1) is 10.2 Å². The van der Waals surface area contributed by atoms with Gasteiger partial charge in [0, 0.05) is 5.41 Å². The zero-order valence-corrected chi connectivity index (χ0v) is 10.1. The first kappa shape index (κ1) is 10.7. The van der Waals surface area contributed by atoms with Crippen molar-refractivity contribution in [2.75, 3.05) is 0 Å². The molecule has 0 bridgehead atoms. The Hall–Kier alpha value is -1.82. The fourth-order valence-electron chi connectivity index (χ4n) is 1.65. The number of rotatable bonds is 0. The predicted molar refractivity (Wildman–Crippen MR) is 64.2 cm³/mol. The molecule has 82 valence electrons. The van der Waals surface area contributed by atoms with E-state index in [0.29, 0.717) is 0 Å². The number of hydrogen-bond donors (Lipinski definition) is 0. The van der Waals surface area contributed by atoms with Gasteiger partial charge < -0.3 is 0 Å². The third kappa shape index (κ3) is 1.67. The molecule has 2 aromatic rings. The fourth-order valence-corrected chi connectivity index (χ4v) is 1.65. The standard InChI is InChI=1S/C13H15N3/c1-5-7-10-8-6-9-11-14-15-12(16(10)11)13(2,3)4/h6,8-9H,1-4H3. The first-order valence-corrected chi connectivity index (χ1v) is 5.31. The maximum atomic E-state index is 4.25. The quantitative estimate of drug-likeness (QED) is 0.629. The molecule has 0 unspecified atom stereocenters. The normalized spacial score (nSPS) is 11.2. The smallest absolute Gasteiger partial charge is 0.161 e. The van der Waals surface area contributed by atoms with Gasteiger partial charge in [0.1, 0.15) is 5.82 Å². The topological polar surface area (TPSA) is 30.2 Å². The van der Waals surface area contributed by atoms with Crippen molar-refractivity contribution in [3.63, 3.8) is 0 Å². The Balaban J connectivity index is 2.81. The van der Waals surface area contributed by atoms with Crippen molar-refractivity contribution in [2.24, 2.45) is 0 Å². The molecule has 2 heterocycles. The van der Waals surface area contributed by atoms with Crippen LogP contribution < -0.4 is 0 Å². The van der Waals surface area contributed by atoms with Crippen LogP contribution in [0.15, 0.2) is 18.2 Å². The van der Waals surface area contributed by atoms with Crippen LogP contribution in [0.3, 0.4) is 0 Å². The van der Waals surface area contributed by atoms with E-state index in [9.17, 15) is 0 Å². The summed E-state index contributed by atoms with van der Waals surface area (Å²) in [7, 11) is 0. The molecule has 2 aromatic heterocycles. The maximum absolute atomic E-state index is 4.25. The molecule has 2 rings (SSSR count). The second-order valence-corrected chi connectivity index (χ2v) is 4.75. The van der Waals surface area contributed by atoms with Crippen LogP contribution in [0.25, 0.3) is 5.65 Å². The molecule has 0 atom stereocenters. The Morgan fingerprint density at radius 2 is 1.94 bits per heavy atom. The summed E-state index contributed by atoms with van der Waals surface area (Å²) < 4.78 is 2.02. The van der Waals surface area contributed by atoms with E-state index in [1.54, 1.807) is 0 Å². The zero-order valence-electron chi connectivity index (χ0n) is 10.1. The number of pyridine rings is 1. The molecule has 0 amide bonds. The van der Waals surface area contributed by atoms with E-state index in [-0.39, 0.29) is 5.41 Å². The number of fused-ring (bicyclic) bond motifs is 1. The van der Waals surface area contributed by atoms with Crippen molar-refractivity contribution >= 4 is 5.65 Å². The molecule has 0 aliphatic rings. The molecule has 0 saturated heterocycles. The first-order chi connectivity index (χ1) is 7.54. The molecule has 0 radical (unpaired) electrons. The average Bonchev–Trinajstić information content (AvgIpc) is 2.62.